The molecule has 0 fully saturated rings. The maximum Gasteiger partial charge on any atom is 0.529 e. The summed E-state index contributed by atoms with van der Waals surface area (Å²) < 4.78 is 25.2. The third-order valence-corrected chi connectivity index (χ3v) is 2.60. The number of allylic oxidation sites excluding steroid dienone is 1. The zero-order valence-corrected chi connectivity index (χ0v) is 9.78. The van der Waals surface area contributed by atoms with E-state index >= 15 is 0 Å². The van der Waals surface area contributed by atoms with Gasteiger partial charge in [-0.25, -0.2) is 9.36 Å². The monoisotopic (exact) mass is 240 g/mol. The number of hydrogen-bond donors (Lipinski definition) is 0. The van der Waals surface area contributed by atoms with Crippen molar-refractivity contribution < 1.29 is 32.7 Å². The lowest BCUT2D eigenvalue weighted by atomic mass is 10.5. The molecule has 0 saturated heterocycles. The van der Waals surface area contributed by atoms with Crippen molar-refractivity contribution in [3.05, 3.63) is 11.8 Å². The van der Waals surface area contributed by atoms with Crippen LogP contribution >= 0.6 is 7.82 Å². The van der Waals surface area contributed by atoms with Gasteiger partial charge in [0.25, 0.3) is 0 Å². The molecule has 0 aromatic carbocycles. The van der Waals surface area contributed by atoms with Crippen LogP contribution in [0.3, 0.4) is 0 Å². The second-order valence-corrected chi connectivity index (χ2v) is 4.03. The lowest BCUT2D eigenvalue weighted by Crippen LogP contribution is -2.01. The van der Waals surface area contributed by atoms with Gasteiger partial charge in [-0.2, -0.15) is 4.89 Å². The van der Waals surface area contributed by atoms with Gasteiger partial charge in [0, 0.05) is 14.2 Å². The zero-order valence-electron chi connectivity index (χ0n) is 8.88. The third kappa shape index (κ3) is 5.54. The van der Waals surface area contributed by atoms with Gasteiger partial charge in [0.05, 0.1) is 13.2 Å². The molecule has 0 spiro atoms. The molecule has 0 bridgehead atoms. The Kier molecular flexibility index (Phi) is 6.19. The summed E-state index contributed by atoms with van der Waals surface area (Å²) in [7, 11) is -0.136. The van der Waals surface area contributed by atoms with Crippen LogP contribution in [0.15, 0.2) is 11.8 Å². The van der Waals surface area contributed by atoms with Crippen molar-refractivity contribution in [1.29, 1.82) is 0 Å². The Morgan fingerprint density at radius 1 is 1.20 bits per heavy atom. The fourth-order valence-electron chi connectivity index (χ4n) is 0.624. The maximum atomic E-state index is 11.4. The van der Waals surface area contributed by atoms with E-state index in [1.54, 1.807) is 0 Å². The first-order valence-electron chi connectivity index (χ1n) is 3.81. The summed E-state index contributed by atoms with van der Waals surface area (Å²) in [5.74, 6) is -0.780. The minimum absolute atomic E-state index is 0.0177. The van der Waals surface area contributed by atoms with Crippen LogP contribution < -0.4 is 0 Å². The van der Waals surface area contributed by atoms with Crippen molar-refractivity contribution in [2.24, 2.45) is 0 Å². The Bertz CT molecular complexity index is 277. The number of carbonyl (C=O) groups excluding carboxylic acids is 1. The van der Waals surface area contributed by atoms with Crippen LogP contribution in [0.2, 0.25) is 0 Å². The molecule has 0 aromatic rings. The van der Waals surface area contributed by atoms with Crippen LogP contribution in [0.25, 0.3) is 0 Å². The Labute approximate surface area is 87.4 Å². The highest BCUT2D eigenvalue weighted by atomic mass is 31.2. The normalized spacial score (nSPS) is 12.4. The van der Waals surface area contributed by atoms with Gasteiger partial charge in [0.1, 0.15) is 5.76 Å². The summed E-state index contributed by atoms with van der Waals surface area (Å²) in [6.07, 6.45) is 0.939. The summed E-state index contributed by atoms with van der Waals surface area (Å²) in [4.78, 5) is 19.1. The van der Waals surface area contributed by atoms with Gasteiger partial charge in [0.15, 0.2) is 0 Å². The summed E-state index contributed by atoms with van der Waals surface area (Å²) >= 11 is 0. The summed E-state index contributed by atoms with van der Waals surface area (Å²) in [6, 6.07) is 0. The largest absolute Gasteiger partial charge is 0.529 e. The molecule has 8 heteroatoms. The molecule has 0 aromatic heterocycles. The van der Waals surface area contributed by atoms with Crippen LogP contribution in [0, 0.1) is 0 Å². The topological polar surface area (TPSA) is 80.3 Å². The van der Waals surface area contributed by atoms with Crippen LogP contribution in [0.4, 0.5) is 0 Å². The van der Waals surface area contributed by atoms with Crippen LogP contribution in [-0.4, -0.2) is 27.3 Å². The predicted molar refractivity (Wildman–Crippen MR) is 49.6 cm³/mol. The molecule has 0 amide bonds. The van der Waals surface area contributed by atoms with Crippen LogP contribution in [0.1, 0.15) is 6.92 Å². The molecule has 0 radical (unpaired) electrons. The number of rotatable bonds is 6. The van der Waals surface area contributed by atoms with Crippen molar-refractivity contribution in [2.75, 3.05) is 21.3 Å². The highest BCUT2D eigenvalue weighted by Crippen LogP contribution is 2.49. The highest BCUT2D eigenvalue weighted by Gasteiger charge is 2.24. The first-order valence-corrected chi connectivity index (χ1v) is 5.27. The molecule has 0 aliphatic rings. The van der Waals surface area contributed by atoms with E-state index in [1.807, 2.05) is 0 Å². The standard InChI is InChI=1S/C7H13O7P/c1-6(5-7(8)13-10-2)14-15(9,11-3)12-4/h5H,1-4H3. The van der Waals surface area contributed by atoms with Crippen LogP contribution in [-0.2, 0) is 32.7 Å². The molecule has 7 nitrogen and oxygen atoms in total. The summed E-state index contributed by atoms with van der Waals surface area (Å²) in [5, 5.41) is 0. The maximum absolute atomic E-state index is 11.4. The highest BCUT2D eigenvalue weighted by molar-refractivity contribution is 7.48. The number of phosphoric ester groups is 1. The lowest BCUT2D eigenvalue weighted by molar-refractivity contribution is -0.249. The minimum Gasteiger partial charge on any atom is -0.409 e. The molecule has 0 rings (SSSR count). The van der Waals surface area contributed by atoms with E-state index in [4.69, 9.17) is 4.52 Å². The third-order valence-electron chi connectivity index (χ3n) is 1.19. The van der Waals surface area contributed by atoms with Gasteiger partial charge in [0.2, 0.25) is 0 Å². The Balaban J connectivity index is 4.40. The second kappa shape index (κ2) is 6.58. The van der Waals surface area contributed by atoms with Gasteiger partial charge in [-0.15, -0.1) is 0 Å². The Morgan fingerprint density at radius 2 is 1.73 bits per heavy atom. The van der Waals surface area contributed by atoms with Crippen molar-refractivity contribution in [3.63, 3.8) is 0 Å². The SMILES string of the molecule is COOC(=O)C=C(C)OP(=O)(OC)OC. The van der Waals surface area contributed by atoms with Crippen LogP contribution in [0.5, 0.6) is 0 Å². The molecule has 0 unspecified atom stereocenters. The van der Waals surface area contributed by atoms with E-state index in [-0.39, 0.29) is 5.76 Å². The Morgan fingerprint density at radius 3 is 2.13 bits per heavy atom. The molecule has 0 N–H and O–H groups in total. The zero-order chi connectivity index (χ0) is 11.9. The van der Waals surface area contributed by atoms with E-state index < -0.39 is 13.8 Å². The van der Waals surface area contributed by atoms with Gasteiger partial charge < -0.3 is 4.52 Å². The van der Waals surface area contributed by atoms with E-state index in [9.17, 15) is 9.36 Å². The molecule has 15 heavy (non-hydrogen) atoms. The molecule has 0 aliphatic heterocycles. The van der Waals surface area contributed by atoms with Gasteiger partial charge in [-0.1, -0.05) is 0 Å². The average molecular weight is 240 g/mol. The first-order chi connectivity index (χ1) is 6.97. The van der Waals surface area contributed by atoms with Crippen molar-refractivity contribution in [2.45, 2.75) is 6.92 Å². The smallest absolute Gasteiger partial charge is 0.409 e. The Hall–Kier alpha value is -0.880. The number of hydrogen-bond acceptors (Lipinski definition) is 7. The first kappa shape index (κ1) is 14.1. The van der Waals surface area contributed by atoms with Gasteiger partial charge in [-0.05, 0) is 6.92 Å². The molecular weight excluding hydrogens is 227 g/mol. The molecular formula is C7H13O7P. The fraction of sp³-hybridized carbons (Fsp3) is 0.571. The van der Waals surface area contributed by atoms with E-state index in [2.05, 4.69) is 18.8 Å². The summed E-state index contributed by atoms with van der Waals surface area (Å²) in [5.41, 5.74) is 0. The van der Waals surface area contributed by atoms with Crippen molar-refractivity contribution in [3.8, 4) is 0 Å². The van der Waals surface area contributed by atoms with E-state index in [0.717, 1.165) is 20.3 Å². The van der Waals surface area contributed by atoms with Crippen molar-refractivity contribution in [1.82, 2.24) is 0 Å². The average Bonchev–Trinajstić information content (AvgIpc) is 2.17. The molecule has 0 saturated carbocycles. The van der Waals surface area contributed by atoms with E-state index in [1.165, 1.54) is 14.0 Å². The van der Waals surface area contributed by atoms with Gasteiger partial charge in [-0.3, -0.25) is 13.9 Å². The van der Waals surface area contributed by atoms with Gasteiger partial charge >= 0.3 is 13.8 Å². The van der Waals surface area contributed by atoms with Crippen molar-refractivity contribution >= 4 is 13.8 Å². The molecule has 0 aliphatic carbocycles. The number of phosphoric acid groups is 1. The number of carbonyl (C=O) groups is 1. The molecule has 0 heterocycles. The minimum atomic E-state index is -3.63. The lowest BCUT2D eigenvalue weighted by Gasteiger charge is -2.13. The summed E-state index contributed by atoms with van der Waals surface area (Å²) in [6.45, 7) is 1.39. The molecule has 0 atom stereocenters. The quantitative estimate of drug-likeness (QED) is 0.228. The predicted octanol–water partition coefficient (Wildman–Crippen LogP) is 1.41. The molecule has 88 valence electrons. The van der Waals surface area contributed by atoms with E-state index in [0.29, 0.717) is 0 Å². The fourth-order valence-corrected chi connectivity index (χ4v) is 1.33. The second-order valence-electron chi connectivity index (χ2n) is 2.23.